The lowest BCUT2D eigenvalue weighted by atomic mass is 9.94. The Morgan fingerprint density at radius 3 is 2.24 bits per heavy atom. The van der Waals surface area contributed by atoms with Crippen molar-refractivity contribution in [3.8, 4) is 0 Å². The van der Waals surface area contributed by atoms with E-state index in [4.69, 9.17) is 4.74 Å². The van der Waals surface area contributed by atoms with E-state index in [1.165, 1.54) is 0 Å². The quantitative estimate of drug-likeness (QED) is 0.688. The number of unbranched alkanes of at least 4 members (excludes halogenated alkanes) is 1. The predicted molar refractivity (Wildman–Crippen MR) is 84.9 cm³/mol. The third kappa shape index (κ3) is 4.75. The summed E-state index contributed by atoms with van der Waals surface area (Å²) in [5.74, 6) is -0.284. The summed E-state index contributed by atoms with van der Waals surface area (Å²) in [6.07, 6.45) is 2.95. The second kappa shape index (κ2) is 8.25. The van der Waals surface area contributed by atoms with Crippen LogP contribution in [0.3, 0.4) is 0 Å². The Labute approximate surface area is 126 Å². The Hall–Kier alpha value is -2.09. The van der Waals surface area contributed by atoms with Crippen molar-refractivity contribution >= 4 is 5.97 Å². The summed E-state index contributed by atoms with van der Waals surface area (Å²) in [4.78, 5) is 12.4. The van der Waals surface area contributed by atoms with Crippen LogP contribution in [0.5, 0.6) is 0 Å². The molecule has 0 saturated heterocycles. The van der Waals surface area contributed by atoms with Gasteiger partial charge in [0, 0.05) is 0 Å². The molecule has 0 aliphatic carbocycles. The minimum Gasteiger partial charge on any atom is -0.460 e. The van der Waals surface area contributed by atoms with Crippen molar-refractivity contribution in [1.82, 2.24) is 0 Å². The lowest BCUT2D eigenvalue weighted by Gasteiger charge is -2.16. The van der Waals surface area contributed by atoms with Gasteiger partial charge in [0.15, 0.2) is 0 Å². The molecule has 2 aromatic carbocycles. The van der Waals surface area contributed by atoms with Gasteiger partial charge in [0.05, 0.1) is 5.92 Å². The highest BCUT2D eigenvalue weighted by Gasteiger charge is 2.21. The third-order valence-electron chi connectivity index (χ3n) is 3.56. The third-order valence-corrected chi connectivity index (χ3v) is 3.56. The van der Waals surface area contributed by atoms with E-state index in [1.807, 2.05) is 60.7 Å². The van der Waals surface area contributed by atoms with Gasteiger partial charge in [0.2, 0.25) is 0 Å². The van der Waals surface area contributed by atoms with E-state index in [0.717, 1.165) is 30.4 Å². The Morgan fingerprint density at radius 1 is 1.00 bits per heavy atom. The van der Waals surface area contributed by atoms with Crippen LogP contribution in [0.4, 0.5) is 0 Å². The van der Waals surface area contributed by atoms with Crippen LogP contribution in [0.1, 0.15) is 43.2 Å². The summed E-state index contributed by atoms with van der Waals surface area (Å²) >= 11 is 0. The molecule has 2 heteroatoms. The molecule has 0 bridgehead atoms. The molecule has 0 aromatic heterocycles. The number of ether oxygens (including phenoxy) is 1. The van der Waals surface area contributed by atoms with Crippen LogP contribution in [0, 0.1) is 0 Å². The van der Waals surface area contributed by atoms with Crippen molar-refractivity contribution in [3.63, 3.8) is 0 Å². The maximum atomic E-state index is 12.4. The highest BCUT2D eigenvalue weighted by Crippen LogP contribution is 2.24. The molecule has 0 radical (unpaired) electrons. The molecule has 1 atom stereocenters. The molecule has 0 unspecified atom stereocenters. The molecular weight excluding hydrogens is 260 g/mol. The van der Waals surface area contributed by atoms with E-state index in [-0.39, 0.29) is 11.9 Å². The molecule has 2 aromatic rings. The van der Waals surface area contributed by atoms with Crippen molar-refractivity contribution in [3.05, 3.63) is 71.8 Å². The van der Waals surface area contributed by atoms with E-state index < -0.39 is 0 Å². The second-order valence-corrected chi connectivity index (χ2v) is 5.20. The standard InChI is InChI=1S/C19H22O2/c1-2-3-14-18(17-12-8-5-9-13-17)19(20)21-15-16-10-6-4-7-11-16/h4-13,18H,2-3,14-15H2,1H3/t18-/m0/s1. The number of benzene rings is 2. The van der Waals surface area contributed by atoms with Gasteiger partial charge in [-0.1, -0.05) is 80.4 Å². The van der Waals surface area contributed by atoms with E-state index in [1.54, 1.807) is 0 Å². The molecule has 2 rings (SSSR count). The van der Waals surface area contributed by atoms with Gasteiger partial charge in [-0.2, -0.15) is 0 Å². The minimum absolute atomic E-state index is 0.126. The van der Waals surface area contributed by atoms with Crippen LogP contribution in [0.25, 0.3) is 0 Å². The molecule has 110 valence electrons. The molecular formula is C19H22O2. The second-order valence-electron chi connectivity index (χ2n) is 5.20. The van der Waals surface area contributed by atoms with E-state index in [2.05, 4.69) is 6.92 Å². The SMILES string of the molecule is CCCC[C@H](C(=O)OCc1ccccc1)c1ccccc1. The summed E-state index contributed by atoms with van der Waals surface area (Å²) in [6, 6.07) is 19.7. The van der Waals surface area contributed by atoms with Crippen molar-refractivity contribution in [2.24, 2.45) is 0 Å². The van der Waals surface area contributed by atoms with Crippen molar-refractivity contribution in [2.45, 2.75) is 38.7 Å². The van der Waals surface area contributed by atoms with Gasteiger partial charge >= 0.3 is 5.97 Å². The zero-order chi connectivity index (χ0) is 14.9. The average Bonchev–Trinajstić information content (AvgIpc) is 2.55. The summed E-state index contributed by atoms with van der Waals surface area (Å²) < 4.78 is 5.50. The predicted octanol–water partition coefficient (Wildman–Crippen LogP) is 4.70. The first-order valence-electron chi connectivity index (χ1n) is 7.56. The minimum atomic E-state index is -0.158. The number of carbonyl (C=O) groups is 1. The maximum Gasteiger partial charge on any atom is 0.313 e. The summed E-state index contributed by atoms with van der Waals surface area (Å²) in [7, 11) is 0. The van der Waals surface area contributed by atoms with Crippen LogP contribution in [-0.2, 0) is 16.1 Å². The lowest BCUT2D eigenvalue weighted by molar-refractivity contribution is -0.147. The molecule has 0 aliphatic heterocycles. The molecule has 21 heavy (non-hydrogen) atoms. The number of rotatable bonds is 7. The highest BCUT2D eigenvalue weighted by molar-refractivity contribution is 5.78. The van der Waals surface area contributed by atoms with E-state index in [9.17, 15) is 4.79 Å². The number of hydrogen-bond donors (Lipinski definition) is 0. The van der Waals surface area contributed by atoms with Crippen molar-refractivity contribution in [2.75, 3.05) is 0 Å². The molecule has 2 nitrogen and oxygen atoms in total. The molecule has 0 aliphatic rings. The average molecular weight is 282 g/mol. The van der Waals surface area contributed by atoms with E-state index >= 15 is 0 Å². The van der Waals surface area contributed by atoms with Crippen LogP contribution >= 0.6 is 0 Å². The Bertz CT molecular complexity index is 534. The fourth-order valence-electron chi connectivity index (χ4n) is 2.34. The fraction of sp³-hybridized carbons (Fsp3) is 0.316. The lowest BCUT2D eigenvalue weighted by Crippen LogP contribution is -2.16. The molecule has 0 heterocycles. The zero-order valence-electron chi connectivity index (χ0n) is 12.5. The summed E-state index contributed by atoms with van der Waals surface area (Å²) in [5, 5.41) is 0. The van der Waals surface area contributed by atoms with Gasteiger partial charge in [-0.3, -0.25) is 4.79 Å². The van der Waals surface area contributed by atoms with Gasteiger partial charge in [0.1, 0.15) is 6.61 Å². The fourth-order valence-corrected chi connectivity index (χ4v) is 2.34. The van der Waals surface area contributed by atoms with Crippen LogP contribution in [0.2, 0.25) is 0 Å². The molecule has 0 amide bonds. The number of hydrogen-bond acceptors (Lipinski definition) is 2. The Kier molecular flexibility index (Phi) is 6.01. The van der Waals surface area contributed by atoms with E-state index in [0.29, 0.717) is 6.61 Å². The van der Waals surface area contributed by atoms with Crippen molar-refractivity contribution < 1.29 is 9.53 Å². The van der Waals surface area contributed by atoms with Gasteiger partial charge < -0.3 is 4.74 Å². The first-order chi connectivity index (χ1) is 10.3. The smallest absolute Gasteiger partial charge is 0.313 e. The maximum absolute atomic E-state index is 12.4. The number of esters is 1. The summed E-state index contributed by atoms with van der Waals surface area (Å²) in [5.41, 5.74) is 2.07. The number of carbonyl (C=O) groups excluding carboxylic acids is 1. The zero-order valence-corrected chi connectivity index (χ0v) is 12.5. The molecule has 0 fully saturated rings. The molecule has 0 N–H and O–H groups in total. The van der Waals surface area contributed by atoms with Crippen molar-refractivity contribution in [1.29, 1.82) is 0 Å². The van der Waals surface area contributed by atoms with Crippen LogP contribution < -0.4 is 0 Å². The summed E-state index contributed by atoms with van der Waals surface area (Å²) in [6.45, 7) is 2.48. The Balaban J connectivity index is 2.01. The highest BCUT2D eigenvalue weighted by atomic mass is 16.5. The van der Waals surface area contributed by atoms with Gasteiger partial charge in [0.25, 0.3) is 0 Å². The van der Waals surface area contributed by atoms with Crippen LogP contribution in [-0.4, -0.2) is 5.97 Å². The molecule has 0 spiro atoms. The van der Waals surface area contributed by atoms with Gasteiger partial charge in [-0.15, -0.1) is 0 Å². The Morgan fingerprint density at radius 2 is 1.62 bits per heavy atom. The normalized spacial score (nSPS) is 11.9. The van der Waals surface area contributed by atoms with Gasteiger partial charge in [-0.05, 0) is 17.5 Å². The van der Waals surface area contributed by atoms with Crippen LogP contribution in [0.15, 0.2) is 60.7 Å². The first kappa shape index (κ1) is 15.3. The monoisotopic (exact) mass is 282 g/mol. The first-order valence-corrected chi connectivity index (χ1v) is 7.56. The molecule has 0 saturated carbocycles. The largest absolute Gasteiger partial charge is 0.460 e. The topological polar surface area (TPSA) is 26.3 Å². The van der Waals surface area contributed by atoms with Gasteiger partial charge in [-0.25, -0.2) is 0 Å².